The molecule has 0 bridgehead atoms. The lowest BCUT2D eigenvalue weighted by atomic mass is 10.2. The van der Waals surface area contributed by atoms with Crippen LogP contribution in [0.2, 0.25) is 0 Å². The molecule has 0 atom stereocenters. The van der Waals surface area contributed by atoms with Crippen LogP contribution in [0.3, 0.4) is 0 Å². The first-order valence-electron chi connectivity index (χ1n) is 3.99. The summed E-state index contributed by atoms with van der Waals surface area (Å²) in [6.45, 7) is 0. The van der Waals surface area contributed by atoms with E-state index in [1.54, 1.807) is 18.3 Å². The van der Waals surface area contributed by atoms with E-state index < -0.39 is 5.97 Å². The fourth-order valence-electron chi connectivity index (χ4n) is 1.03. The zero-order valence-corrected chi connectivity index (χ0v) is 8.93. The minimum absolute atomic E-state index is 0.118. The molecule has 15 heavy (non-hydrogen) atoms. The smallest absolute Gasteiger partial charge is 0.358 e. The highest BCUT2D eigenvalue weighted by molar-refractivity contribution is 9.10. The number of aromatic nitrogens is 2. The first-order valence-corrected chi connectivity index (χ1v) is 4.78. The molecule has 2 aromatic heterocycles. The van der Waals surface area contributed by atoms with E-state index in [-0.39, 0.29) is 5.69 Å². The minimum Gasteiger partial charge on any atom is -0.476 e. The second kappa shape index (κ2) is 3.82. The van der Waals surface area contributed by atoms with Crippen LogP contribution in [0.1, 0.15) is 10.5 Å². The Bertz CT molecular complexity index is 492. The van der Waals surface area contributed by atoms with E-state index >= 15 is 0 Å². The molecule has 0 amide bonds. The Labute approximate surface area is 92.9 Å². The summed E-state index contributed by atoms with van der Waals surface area (Å²) >= 11 is 3.19. The number of nitrogens with zero attached hydrogens (tertiary/aromatic N) is 2. The van der Waals surface area contributed by atoms with Gasteiger partial charge in [-0.25, -0.2) is 9.78 Å². The van der Waals surface area contributed by atoms with Crippen LogP contribution in [0.15, 0.2) is 33.5 Å². The molecule has 2 rings (SSSR count). The van der Waals surface area contributed by atoms with Crippen molar-refractivity contribution < 1.29 is 14.4 Å². The molecular formula is C9H5BrN2O3. The average Bonchev–Trinajstić information content (AvgIpc) is 2.68. The largest absolute Gasteiger partial charge is 0.476 e. The Hall–Kier alpha value is -1.69. The summed E-state index contributed by atoms with van der Waals surface area (Å²) in [5.41, 5.74) is 0.561. The highest BCUT2D eigenvalue weighted by Crippen LogP contribution is 2.20. The molecular weight excluding hydrogens is 264 g/mol. The van der Waals surface area contributed by atoms with Crippen molar-refractivity contribution >= 4 is 21.9 Å². The second-order valence-electron chi connectivity index (χ2n) is 2.75. The van der Waals surface area contributed by atoms with Gasteiger partial charge in [0.05, 0.1) is 0 Å². The van der Waals surface area contributed by atoms with Gasteiger partial charge in [-0.1, -0.05) is 5.16 Å². The Morgan fingerprint density at radius 1 is 1.47 bits per heavy atom. The van der Waals surface area contributed by atoms with E-state index in [9.17, 15) is 4.79 Å². The fourth-order valence-corrected chi connectivity index (χ4v) is 1.27. The molecule has 0 aliphatic heterocycles. The van der Waals surface area contributed by atoms with Gasteiger partial charge in [0.25, 0.3) is 0 Å². The van der Waals surface area contributed by atoms with E-state index in [1.807, 2.05) is 0 Å². The van der Waals surface area contributed by atoms with Crippen LogP contribution < -0.4 is 0 Å². The molecule has 0 aliphatic carbocycles. The third kappa shape index (κ3) is 2.04. The summed E-state index contributed by atoms with van der Waals surface area (Å²) in [7, 11) is 0. The van der Waals surface area contributed by atoms with Gasteiger partial charge in [0.15, 0.2) is 11.5 Å². The van der Waals surface area contributed by atoms with E-state index in [0.29, 0.717) is 15.9 Å². The molecule has 2 aromatic rings. The Kier molecular flexibility index (Phi) is 2.51. The number of hydrogen-bond donors (Lipinski definition) is 1. The summed E-state index contributed by atoms with van der Waals surface area (Å²) in [6, 6.07) is 4.84. The molecule has 76 valence electrons. The first-order chi connectivity index (χ1) is 7.16. The third-order valence-corrected chi connectivity index (χ3v) is 2.21. The normalized spacial score (nSPS) is 10.2. The van der Waals surface area contributed by atoms with Crippen molar-refractivity contribution in [3.8, 4) is 11.3 Å². The van der Waals surface area contributed by atoms with Crippen LogP contribution in [0.4, 0.5) is 0 Å². The highest BCUT2D eigenvalue weighted by Gasteiger charge is 2.11. The number of carbonyl (C=O) groups is 1. The van der Waals surface area contributed by atoms with Gasteiger partial charge in [-0.2, -0.15) is 0 Å². The molecule has 0 aromatic carbocycles. The molecule has 0 aliphatic rings. The van der Waals surface area contributed by atoms with Crippen LogP contribution in [0.25, 0.3) is 11.3 Å². The summed E-state index contributed by atoms with van der Waals surface area (Å²) < 4.78 is 5.56. The lowest BCUT2D eigenvalue weighted by molar-refractivity contribution is 0.0686. The Morgan fingerprint density at radius 2 is 2.27 bits per heavy atom. The van der Waals surface area contributed by atoms with Gasteiger partial charge in [0.2, 0.25) is 0 Å². The van der Waals surface area contributed by atoms with Gasteiger partial charge < -0.3 is 9.63 Å². The summed E-state index contributed by atoms with van der Waals surface area (Å²) in [5.74, 6) is -0.734. The topological polar surface area (TPSA) is 76.2 Å². The molecule has 5 nitrogen and oxygen atoms in total. The fraction of sp³-hybridized carbons (Fsp3) is 0. The maximum atomic E-state index is 10.6. The van der Waals surface area contributed by atoms with Crippen molar-refractivity contribution in [2.45, 2.75) is 0 Å². The molecule has 1 N–H and O–H groups in total. The number of rotatable bonds is 2. The van der Waals surface area contributed by atoms with Crippen LogP contribution in [0, 0.1) is 0 Å². The molecule has 6 heteroatoms. The zero-order chi connectivity index (χ0) is 10.8. The maximum absolute atomic E-state index is 10.6. The van der Waals surface area contributed by atoms with Crippen LogP contribution >= 0.6 is 15.9 Å². The first kappa shape index (κ1) is 9.85. The number of pyridine rings is 1. The van der Waals surface area contributed by atoms with E-state index in [2.05, 4.69) is 26.1 Å². The van der Waals surface area contributed by atoms with Gasteiger partial charge in [0, 0.05) is 17.8 Å². The lowest BCUT2D eigenvalue weighted by Gasteiger charge is -1.93. The highest BCUT2D eigenvalue weighted by atomic mass is 79.9. The number of halogens is 1. The molecule has 0 saturated carbocycles. The SMILES string of the molecule is O=C(O)c1cc(-c2ccc(Br)nc2)on1. The summed E-state index contributed by atoms with van der Waals surface area (Å²) in [4.78, 5) is 14.5. The predicted octanol–water partition coefficient (Wildman–Crippen LogP) is 2.20. The average molecular weight is 269 g/mol. The monoisotopic (exact) mass is 268 g/mol. The number of carboxylic acids is 1. The van der Waals surface area contributed by atoms with Crippen molar-refractivity contribution in [3.05, 3.63) is 34.7 Å². The van der Waals surface area contributed by atoms with Crippen molar-refractivity contribution in [1.29, 1.82) is 0 Å². The third-order valence-electron chi connectivity index (χ3n) is 1.74. The van der Waals surface area contributed by atoms with Crippen LogP contribution in [0.5, 0.6) is 0 Å². The maximum Gasteiger partial charge on any atom is 0.358 e. The molecule has 0 spiro atoms. The van der Waals surface area contributed by atoms with Crippen LogP contribution in [-0.4, -0.2) is 21.2 Å². The Morgan fingerprint density at radius 3 is 2.80 bits per heavy atom. The Balaban J connectivity index is 2.37. The standard InChI is InChI=1S/C9H5BrN2O3/c10-8-2-1-5(4-11-8)7-3-6(9(13)14)12-15-7/h1-4H,(H,13,14). The number of carboxylic acid groups (broad SMARTS) is 1. The molecule has 0 unspecified atom stereocenters. The van der Waals surface area contributed by atoms with Gasteiger partial charge in [-0.15, -0.1) is 0 Å². The van der Waals surface area contributed by atoms with Gasteiger partial charge in [-0.3, -0.25) is 0 Å². The van der Waals surface area contributed by atoms with E-state index in [4.69, 9.17) is 9.63 Å². The van der Waals surface area contributed by atoms with Crippen molar-refractivity contribution in [2.24, 2.45) is 0 Å². The lowest BCUT2D eigenvalue weighted by Crippen LogP contribution is -1.94. The van der Waals surface area contributed by atoms with E-state index in [0.717, 1.165) is 0 Å². The van der Waals surface area contributed by atoms with Gasteiger partial charge in [-0.05, 0) is 28.1 Å². The molecule has 0 radical (unpaired) electrons. The van der Waals surface area contributed by atoms with E-state index in [1.165, 1.54) is 6.07 Å². The number of hydrogen-bond acceptors (Lipinski definition) is 4. The quantitative estimate of drug-likeness (QED) is 0.845. The zero-order valence-electron chi connectivity index (χ0n) is 7.35. The van der Waals surface area contributed by atoms with Crippen LogP contribution in [-0.2, 0) is 0 Å². The van der Waals surface area contributed by atoms with Crippen molar-refractivity contribution in [3.63, 3.8) is 0 Å². The number of aromatic carboxylic acids is 1. The molecule has 0 fully saturated rings. The molecule has 2 heterocycles. The predicted molar refractivity (Wildman–Crippen MR) is 54.4 cm³/mol. The van der Waals surface area contributed by atoms with Crippen molar-refractivity contribution in [2.75, 3.05) is 0 Å². The summed E-state index contributed by atoms with van der Waals surface area (Å²) in [6.07, 6.45) is 1.57. The summed E-state index contributed by atoms with van der Waals surface area (Å²) in [5, 5.41) is 12.0. The second-order valence-corrected chi connectivity index (χ2v) is 3.56. The molecule has 0 saturated heterocycles. The van der Waals surface area contributed by atoms with Gasteiger partial charge in [0.1, 0.15) is 4.60 Å². The minimum atomic E-state index is -1.12. The van der Waals surface area contributed by atoms with Gasteiger partial charge >= 0.3 is 5.97 Å². The van der Waals surface area contributed by atoms with Crippen molar-refractivity contribution in [1.82, 2.24) is 10.1 Å².